The van der Waals surface area contributed by atoms with Crippen LogP contribution in [0.5, 0.6) is 0 Å². The largest absolute Gasteiger partial charge is 0.465 e. The van der Waals surface area contributed by atoms with Crippen LogP contribution < -0.4 is 5.32 Å². The van der Waals surface area contributed by atoms with Gasteiger partial charge in [0.15, 0.2) is 5.65 Å². The van der Waals surface area contributed by atoms with E-state index in [4.69, 9.17) is 14.5 Å². The molecule has 0 aromatic carbocycles. The second-order valence-corrected chi connectivity index (χ2v) is 7.04. The number of hydrogen-bond acceptors (Lipinski definition) is 6. The highest BCUT2D eigenvalue weighted by Crippen LogP contribution is 2.64. The molecule has 3 heterocycles. The molecule has 1 unspecified atom stereocenters. The van der Waals surface area contributed by atoms with Crippen molar-refractivity contribution in [2.45, 2.75) is 31.7 Å². The van der Waals surface area contributed by atoms with Crippen LogP contribution in [0.2, 0.25) is 0 Å². The number of methoxy groups -OCH3 is 2. The molecule has 1 saturated heterocycles. The number of ether oxygens (including phenoxy) is 2. The zero-order valence-corrected chi connectivity index (χ0v) is 16.0. The molecule has 2 aliphatic rings. The fourth-order valence-corrected chi connectivity index (χ4v) is 4.13. The van der Waals surface area contributed by atoms with Crippen molar-refractivity contribution in [1.82, 2.24) is 19.9 Å². The van der Waals surface area contributed by atoms with Crippen LogP contribution in [-0.4, -0.2) is 54.4 Å². The first-order chi connectivity index (χ1) is 12.2. The van der Waals surface area contributed by atoms with Gasteiger partial charge >= 0.3 is 5.97 Å². The van der Waals surface area contributed by atoms with Crippen molar-refractivity contribution in [1.29, 1.82) is 0 Å². The van der Waals surface area contributed by atoms with Crippen molar-refractivity contribution in [3.63, 3.8) is 0 Å². The summed E-state index contributed by atoms with van der Waals surface area (Å²) in [6.07, 6.45) is 5.13. The van der Waals surface area contributed by atoms with Crippen LogP contribution in [0.3, 0.4) is 0 Å². The summed E-state index contributed by atoms with van der Waals surface area (Å²) >= 11 is 0. The van der Waals surface area contributed by atoms with E-state index in [0.29, 0.717) is 35.7 Å². The lowest BCUT2D eigenvalue weighted by atomic mass is 9.92. The van der Waals surface area contributed by atoms with Crippen molar-refractivity contribution in [2.24, 2.45) is 5.41 Å². The van der Waals surface area contributed by atoms with E-state index < -0.39 is 0 Å². The highest BCUT2D eigenvalue weighted by Gasteiger charge is 2.56. The van der Waals surface area contributed by atoms with Gasteiger partial charge in [0.25, 0.3) is 0 Å². The van der Waals surface area contributed by atoms with Gasteiger partial charge in [-0.3, -0.25) is 0 Å². The van der Waals surface area contributed by atoms with Gasteiger partial charge in [-0.15, -0.1) is 12.4 Å². The third-order valence-corrected chi connectivity index (χ3v) is 5.68. The molecule has 0 bridgehead atoms. The monoisotopic (exact) mass is 380 g/mol. The topological polar surface area (TPSA) is 78.3 Å². The fourth-order valence-electron chi connectivity index (χ4n) is 4.13. The third-order valence-electron chi connectivity index (χ3n) is 5.68. The van der Waals surface area contributed by atoms with Crippen LogP contribution in [0.4, 0.5) is 0 Å². The summed E-state index contributed by atoms with van der Waals surface area (Å²) in [5, 5.41) is 3.44. The lowest BCUT2D eigenvalue weighted by Gasteiger charge is -2.23. The first-order valence-corrected chi connectivity index (χ1v) is 8.83. The van der Waals surface area contributed by atoms with Gasteiger partial charge in [0, 0.05) is 25.8 Å². The predicted molar refractivity (Wildman–Crippen MR) is 99.9 cm³/mol. The molecule has 1 aliphatic heterocycles. The van der Waals surface area contributed by atoms with Crippen LogP contribution in [0.1, 0.15) is 41.4 Å². The van der Waals surface area contributed by atoms with Gasteiger partial charge in [-0.25, -0.2) is 14.8 Å². The number of pyridine rings is 1. The van der Waals surface area contributed by atoms with E-state index in [1.54, 1.807) is 13.3 Å². The number of imidazole rings is 1. The molecule has 2 aromatic rings. The van der Waals surface area contributed by atoms with Crippen LogP contribution in [0.25, 0.3) is 11.2 Å². The Morgan fingerprint density at radius 3 is 2.85 bits per heavy atom. The maximum Gasteiger partial charge on any atom is 0.339 e. The van der Waals surface area contributed by atoms with Gasteiger partial charge in [-0.05, 0) is 43.8 Å². The molecular formula is C18H25ClN4O3. The summed E-state index contributed by atoms with van der Waals surface area (Å²) in [6.45, 7) is 3.47. The number of hydrogen-bond donors (Lipinski definition) is 1. The summed E-state index contributed by atoms with van der Waals surface area (Å²) in [5.74, 6) is 1.18. The number of carbonyl (C=O) groups is 1. The number of piperidine rings is 1. The normalized spacial score (nSPS) is 20.8. The summed E-state index contributed by atoms with van der Waals surface area (Å²) in [5.41, 5.74) is 2.41. The molecule has 0 radical (unpaired) electrons. The number of nitrogens with zero attached hydrogens (tertiary/aromatic N) is 3. The van der Waals surface area contributed by atoms with E-state index in [0.717, 1.165) is 24.4 Å². The van der Waals surface area contributed by atoms with Gasteiger partial charge in [0.05, 0.1) is 24.8 Å². The van der Waals surface area contributed by atoms with Crippen LogP contribution in [-0.2, 0) is 16.0 Å². The lowest BCUT2D eigenvalue weighted by molar-refractivity contribution is 0.0600. The van der Waals surface area contributed by atoms with E-state index >= 15 is 0 Å². The maximum absolute atomic E-state index is 11.9. The molecule has 1 aliphatic carbocycles. The number of fused-ring (bicyclic) bond motifs is 1. The van der Waals surface area contributed by atoms with Gasteiger partial charge in [0.2, 0.25) is 0 Å². The number of aromatic nitrogens is 3. The Balaban J connectivity index is 0.00000196. The summed E-state index contributed by atoms with van der Waals surface area (Å²) in [4.78, 5) is 21.1. The molecule has 26 heavy (non-hydrogen) atoms. The summed E-state index contributed by atoms with van der Waals surface area (Å²) < 4.78 is 12.3. The third kappa shape index (κ3) is 3.19. The van der Waals surface area contributed by atoms with Crippen LogP contribution in [0, 0.1) is 5.41 Å². The molecule has 4 rings (SSSR count). The first kappa shape index (κ1) is 19.1. The fraction of sp³-hybridized carbons (Fsp3) is 0.611. The molecule has 142 valence electrons. The Hall–Kier alpha value is -1.70. The van der Waals surface area contributed by atoms with Crippen molar-refractivity contribution < 1.29 is 14.3 Å². The standard InChI is InChI=1S/C18H24N4O3.ClH/c1-24-8-7-22-14-9-12(17(23)25-2)11-20-15(14)21-16(22)13-10-18(13)3-5-19-6-4-18;/h9,11,13,19H,3-8,10H2,1-2H3;1H. The van der Waals surface area contributed by atoms with Gasteiger partial charge in [-0.1, -0.05) is 0 Å². The molecule has 1 N–H and O–H groups in total. The highest BCUT2D eigenvalue weighted by molar-refractivity contribution is 5.92. The van der Waals surface area contributed by atoms with Gasteiger partial charge < -0.3 is 19.4 Å². The second kappa shape index (κ2) is 7.50. The van der Waals surface area contributed by atoms with Crippen LogP contribution >= 0.6 is 12.4 Å². The SMILES string of the molecule is COCCn1c(C2CC23CCNCC3)nc2ncc(C(=O)OC)cc21.Cl. The maximum atomic E-state index is 11.9. The van der Waals surface area contributed by atoms with Gasteiger partial charge in [-0.2, -0.15) is 0 Å². The van der Waals surface area contributed by atoms with Crippen molar-refractivity contribution in [3.05, 3.63) is 23.7 Å². The zero-order valence-electron chi connectivity index (χ0n) is 15.2. The predicted octanol–water partition coefficient (Wildman–Crippen LogP) is 2.14. The minimum absolute atomic E-state index is 0. The van der Waals surface area contributed by atoms with E-state index in [-0.39, 0.29) is 18.4 Å². The molecule has 1 saturated carbocycles. The number of esters is 1. The molecule has 2 fully saturated rings. The molecule has 1 spiro atoms. The molecule has 8 heteroatoms. The molecule has 1 atom stereocenters. The van der Waals surface area contributed by atoms with Crippen molar-refractivity contribution >= 4 is 29.5 Å². The first-order valence-electron chi connectivity index (χ1n) is 8.83. The van der Waals surface area contributed by atoms with Crippen molar-refractivity contribution in [2.75, 3.05) is 33.9 Å². The lowest BCUT2D eigenvalue weighted by Crippen LogP contribution is -2.29. The van der Waals surface area contributed by atoms with E-state index in [1.807, 2.05) is 6.07 Å². The Morgan fingerprint density at radius 2 is 2.15 bits per heavy atom. The number of nitrogens with one attached hydrogen (secondary N) is 1. The Morgan fingerprint density at radius 1 is 1.38 bits per heavy atom. The zero-order chi connectivity index (χ0) is 17.4. The highest BCUT2D eigenvalue weighted by atomic mass is 35.5. The number of rotatable bonds is 5. The smallest absolute Gasteiger partial charge is 0.339 e. The number of carbonyl (C=O) groups excluding carboxylic acids is 1. The summed E-state index contributed by atoms with van der Waals surface area (Å²) in [6, 6.07) is 1.83. The summed E-state index contributed by atoms with van der Waals surface area (Å²) in [7, 11) is 3.08. The second-order valence-electron chi connectivity index (χ2n) is 7.04. The average molecular weight is 381 g/mol. The van der Waals surface area contributed by atoms with E-state index in [1.165, 1.54) is 26.4 Å². The molecule has 7 nitrogen and oxygen atoms in total. The van der Waals surface area contributed by atoms with Gasteiger partial charge in [0.1, 0.15) is 5.82 Å². The minimum atomic E-state index is -0.378. The van der Waals surface area contributed by atoms with E-state index in [9.17, 15) is 4.79 Å². The Labute approximate surface area is 158 Å². The van der Waals surface area contributed by atoms with Crippen LogP contribution in [0.15, 0.2) is 12.3 Å². The quantitative estimate of drug-likeness (QED) is 0.801. The average Bonchev–Trinajstić information content (AvgIpc) is 3.20. The molecule has 2 aromatic heterocycles. The molecule has 0 amide bonds. The number of halogens is 1. The minimum Gasteiger partial charge on any atom is -0.465 e. The Bertz CT molecular complexity index is 801. The Kier molecular flexibility index (Phi) is 5.50. The molecular weight excluding hydrogens is 356 g/mol. The van der Waals surface area contributed by atoms with Crippen molar-refractivity contribution in [3.8, 4) is 0 Å². The van der Waals surface area contributed by atoms with E-state index in [2.05, 4.69) is 14.9 Å².